The van der Waals surface area contributed by atoms with Crippen LogP contribution in [0.25, 0.3) is 0 Å². The first-order valence-corrected chi connectivity index (χ1v) is 8.50. The molecule has 0 saturated heterocycles. The van der Waals surface area contributed by atoms with Crippen LogP contribution in [0.4, 0.5) is 5.69 Å². The third kappa shape index (κ3) is 3.42. The lowest BCUT2D eigenvalue weighted by molar-refractivity contribution is 0.102. The highest BCUT2D eigenvalue weighted by molar-refractivity contribution is 7.91. The van der Waals surface area contributed by atoms with Crippen LogP contribution in [0.5, 0.6) is 0 Å². The molecule has 1 N–H and O–H groups in total. The van der Waals surface area contributed by atoms with Crippen LogP contribution in [0.15, 0.2) is 35.6 Å². The quantitative estimate of drug-likeness (QED) is 0.864. The van der Waals surface area contributed by atoms with Crippen molar-refractivity contribution < 1.29 is 13.2 Å². The van der Waals surface area contributed by atoms with Gasteiger partial charge in [-0.2, -0.15) is 0 Å². The Morgan fingerprint density at radius 2 is 2.00 bits per heavy atom. The lowest BCUT2D eigenvalue weighted by Gasteiger charge is -2.09. The summed E-state index contributed by atoms with van der Waals surface area (Å²) in [6.07, 6.45) is 1.11. The molecule has 6 nitrogen and oxygen atoms in total. The molecule has 1 aromatic heterocycles. The van der Waals surface area contributed by atoms with Crippen LogP contribution >= 0.6 is 11.6 Å². The first kappa shape index (κ1) is 16.4. The van der Waals surface area contributed by atoms with E-state index in [1.165, 1.54) is 6.92 Å². The summed E-state index contributed by atoms with van der Waals surface area (Å²) in [5.41, 5.74) is 1.29. The zero-order chi connectivity index (χ0) is 16.3. The highest BCUT2D eigenvalue weighted by atomic mass is 35.5. The topological polar surface area (TPSA) is 89.0 Å². The van der Waals surface area contributed by atoms with E-state index in [1.807, 2.05) is 19.1 Å². The molecule has 0 spiro atoms. The summed E-state index contributed by atoms with van der Waals surface area (Å²) in [6, 6.07) is 7.18. The van der Waals surface area contributed by atoms with E-state index in [1.54, 1.807) is 12.1 Å². The molecule has 0 bridgehead atoms. The van der Waals surface area contributed by atoms with Gasteiger partial charge in [-0.1, -0.05) is 36.7 Å². The number of sulfone groups is 1. The SMILES string of the molecule is CCS(=O)(=O)c1ncc(Cl)c(C(=O)Nc2ccccc2C)n1. The van der Waals surface area contributed by atoms with Crippen molar-refractivity contribution in [3.05, 3.63) is 46.7 Å². The molecule has 0 radical (unpaired) electrons. The molecule has 0 aliphatic rings. The fraction of sp³-hybridized carbons (Fsp3) is 0.214. The number of carbonyl (C=O) groups excluding carboxylic acids is 1. The average Bonchev–Trinajstić information content (AvgIpc) is 2.49. The zero-order valence-electron chi connectivity index (χ0n) is 12.0. The molecule has 2 rings (SSSR count). The predicted octanol–water partition coefficient (Wildman–Crippen LogP) is 2.48. The molecule has 1 amide bonds. The number of halogens is 1. The molecule has 8 heteroatoms. The van der Waals surface area contributed by atoms with E-state index < -0.39 is 20.9 Å². The van der Waals surface area contributed by atoms with Gasteiger partial charge < -0.3 is 5.32 Å². The van der Waals surface area contributed by atoms with Crippen LogP contribution in [0.1, 0.15) is 23.0 Å². The van der Waals surface area contributed by atoms with Gasteiger partial charge in [0.05, 0.1) is 17.0 Å². The van der Waals surface area contributed by atoms with Gasteiger partial charge in [0.1, 0.15) is 0 Å². The molecule has 22 heavy (non-hydrogen) atoms. The van der Waals surface area contributed by atoms with Gasteiger partial charge in [-0.05, 0) is 18.6 Å². The summed E-state index contributed by atoms with van der Waals surface area (Å²) in [6.45, 7) is 3.31. The van der Waals surface area contributed by atoms with E-state index in [2.05, 4.69) is 15.3 Å². The third-order valence-corrected chi connectivity index (χ3v) is 4.78. The van der Waals surface area contributed by atoms with Gasteiger partial charge in [0.15, 0.2) is 5.69 Å². The van der Waals surface area contributed by atoms with Crippen molar-refractivity contribution in [3.63, 3.8) is 0 Å². The van der Waals surface area contributed by atoms with Crippen molar-refractivity contribution >= 4 is 33.0 Å². The highest BCUT2D eigenvalue weighted by Crippen LogP contribution is 2.19. The fourth-order valence-electron chi connectivity index (χ4n) is 1.68. The summed E-state index contributed by atoms with van der Waals surface area (Å²) in [4.78, 5) is 19.7. The molecular formula is C14H14ClN3O3S. The minimum atomic E-state index is -3.61. The summed E-state index contributed by atoms with van der Waals surface area (Å²) >= 11 is 5.91. The number of carbonyl (C=O) groups is 1. The summed E-state index contributed by atoms with van der Waals surface area (Å²) in [5.74, 6) is -0.748. The van der Waals surface area contributed by atoms with Crippen molar-refractivity contribution in [2.75, 3.05) is 11.1 Å². The van der Waals surface area contributed by atoms with Crippen LogP contribution in [0.3, 0.4) is 0 Å². The second-order valence-electron chi connectivity index (χ2n) is 4.52. The molecule has 0 aliphatic carbocycles. The maximum atomic E-state index is 12.3. The predicted molar refractivity (Wildman–Crippen MR) is 83.9 cm³/mol. The Morgan fingerprint density at radius 3 is 2.64 bits per heavy atom. The van der Waals surface area contributed by atoms with Crippen LogP contribution in [0, 0.1) is 6.92 Å². The fourth-order valence-corrected chi connectivity index (χ4v) is 2.56. The van der Waals surface area contributed by atoms with E-state index >= 15 is 0 Å². The molecule has 2 aromatic rings. The first-order valence-electron chi connectivity index (χ1n) is 6.47. The maximum Gasteiger partial charge on any atom is 0.275 e. The summed E-state index contributed by atoms with van der Waals surface area (Å²) in [7, 11) is -3.61. The molecule has 116 valence electrons. The number of rotatable bonds is 4. The minimum Gasteiger partial charge on any atom is -0.320 e. The molecule has 0 atom stereocenters. The molecule has 0 aliphatic heterocycles. The summed E-state index contributed by atoms with van der Waals surface area (Å²) in [5, 5.41) is 2.23. The number of para-hydroxylation sites is 1. The number of anilines is 1. The van der Waals surface area contributed by atoms with E-state index in [4.69, 9.17) is 11.6 Å². The number of nitrogens with one attached hydrogen (secondary N) is 1. The smallest absolute Gasteiger partial charge is 0.275 e. The van der Waals surface area contributed by atoms with Crippen molar-refractivity contribution in [1.82, 2.24) is 9.97 Å². The molecule has 0 saturated carbocycles. The molecular weight excluding hydrogens is 326 g/mol. The van der Waals surface area contributed by atoms with E-state index in [9.17, 15) is 13.2 Å². The van der Waals surface area contributed by atoms with Crippen LogP contribution in [-0.2, 0) is 9.84 Å². The van der Waals surface area contributed by atoms with Crippen molar-refractivity contribution in [1.29, 1.82) is 0 Å². The van der Waals surface area contributed by atoms with Gasteiger partial charge in [0.2, 0.25) is 15.0 Å². The Morgan fingerprint density at radius 1 is 1.32 bits per heavy atom. The molecule has 0 unspecified atom stereocenters. The van der Waals surface area contributed by atoms with E-state index in [0.717, 1.165) is 11.8 Å². The number of benzene rings is 1. The van der Waals surface area contributed by atoms with Gasteiger partial charge in [0, 0.05) is 5.69 Å². The van der Waals surface area contributed by atoms with Crippen molar-refractivity contribution in [3.8, 4) is 0 Å². The lowest BCUT2D eigenvalue weighted by Crippen LogP contribution is -2.18. The van der Waals surface area contributed by atoms with Gasteiger partial charge in [-0.15, -0.1) is 0 Å². The lowest BCUT2D eigenvalue weighted by atomic mass is 10.2. The van der Waals surface area contributed by atoms with Crippen LogP contribution < -0.4 is 5.32 Å². The van der Waals surface area contributed by atoms with Crippen molar-refractivity contribution in [2.45, 2.75) is 19.0 Å². The number of nitrogens with zero attached hydrogens (tertiary/aromatic N) is 2. The maximum absolute atomic E-state index is 12.3. The van der Waals surface area contributed by atoms with Crippen LogP contribution in [0.2, 0.25) is 5.02 Å². The van der Waals surface area contributed by atoms with E-state index in [0.29, 0.717) is 5.69 Å². The number of aryl methyl sites for hydroxylation is 1. The monoisotopic (exact) mass is 339 g/mol. The van der Waals surface area contributed by atoms with Gasteiger partial charge in [0.25, 0.3) is 5.91 Å². The normalized spacial score (nSPS) is 11.2. The Bertz CT molecular complexity index is 822. The zero-order valence-corrected chi connectivity index (χ0v) is 13.6. The molecule has 0 fully saturated rings. The second-order valence-corrected chi connectivity index (χ2v) is 7.10. The highest BCUT2D eigenvalue weighted by Gasteiger charge is 2.21. The Balaban J connectivity index is 2.38. The van der Waals surface area contributed by atoms with Gasteiger partial charge in [-0.3, -0.25) is 4.79 Å². The van der Waals surface area contributed by atoms with E-state index in [-0.39, 0.29) is 16.5 Å². The Kier molecular flexibility index (Phi) is 4.77. The largest absolute Gasteiger partial charge is 0.320 e. The third-order valence-electron chi connectivity index (χ3n) is 2.99. The van der Waals surface area contributed by atoms with Gasteiger partial charge in [-0.25, -0.2) is 18.4 Å². The average molecular weight is 340 g/mol. The molecule has 1 heterocycles. The number of hydrogen-bond donors (Lipinski definition) is 1. The molecule has 1 aromatic carbocycles. The summed E-state index contributed by atoms with van der Waals surface area (Å²) < 4.78 is 23.6. The van der Waals surface area contributed by atoms with Gasteiger partial charge >= 0.3 is 0 Å². The standard InChI is InChI=1S/C14H14ClN3O3S/c1-3-22(20,21)14-16-8-10(15)12(18-14)13(19)17-11-7-5-4-6-9(11)2/h4-8H,3H2,1-2H3,(H,17,19). The number of hydrogen-bond acceptors (Lipinski definition) is 5. The Labute approximate surface area is 133 Å². The second kappa shape index (κ2) is 6.41. The van der Waals surface area contributed by atoms with Crippen LogP contribution in [-0.4, -0.2) is 30.0 Å². The minimum absolute atomic E-state index is 0.0128. The number of aromatic nitrogens is 2. The number of amides is 1. The first-order chi connectivity index (χ1) is 10.3. The Hall–Kier alpha value is -1.99. The van der Waals surface area contributed by atoms with Crippen molar-refractivity contribution in [2.24, 2.45) is 0 Å².